The molecule has 7 nitrogen and oxygen atoms in total. The van der Waals surface area contributed by atoms with E-state index in [1.807, 2.05) is 30.5 Å². The standard InChI is InChI=1S/C32H43N3O4/c1-6-9-22-10-7-11-23(14-22)16-26(35-29(37)21-38-5)28(36)20-33-27-18-32(12-8-13-32)39-30-25(27)15-24(19-34-30)17-31(2,3)4/h7,10-11,14-15,19,26-28,33,36H,8,12-13,16-18,20-21H2,1-5H3,(H,35,37)/t26-,27-,28+/m0/s1. The second-order valence-electron chi connectivity index (χ2n) is 12.2. The Bertz CT molecular complexity index is 1210. The highest BCUT2D eigenvalue weighted by Gasteiger charge is 2.46. The van der Waals surface area contributed by atoms with Gasteiger partial charge in [0.15, 0.2) is 0 Å². The molecule has 1 aromatic carbocycles. The summed E-state index contributed by atoms with van der Waals surface area (Å²) >= 11 is 0. The van der Waals surface area contributed by atoms with Crippen molar-refractivity contribution in [3.63, 3.8) is 0 Å². The van der Waals surface area contributed by atoms with E-state index in [1.54, 1.807) is 6.92 Å². The minimum atomic E-state index is -0.818. The number of benzene rings is 1. The lowest BCUT2D eigenvalue weighted by Crippen LogP contribution is -2.52. The van der Waals surface area contributed by atoms with E-state index < -0.39 is 12.1 Å². The van der Waals surface area contributed by atoms with Crippen molar-refractivity contribution in [2.24, 2.45) is 5.41 Å². The monoisotopic (exact) mass is 533 g/mol. The van der Waals surface area contributed by atoms with Gasteiger partial charge in [-0.15, -0.1) is 5.92 Å². The normalized spacial score (nSPS) is 19.1. The molecule has 7 heteroatoms. The molecule has 4 rings (SSSR count). The van der Waals surface area contributed by atoms with Crippen LogP contribution in [0.15, 0.2) is 36.5 Å². The SMILES string of the molecule is CC#Cc1cccc(C[C@H](NC(=O)COC)[C@H](O)CN[C@H]2CC3(CCC3)Oc3ncc(CC(C)(C)C)cc32)c1. The number of ether oxygens (including phenoxy) is 2. The second-order valence-corrected chi connectivity index (χ2v) is 12.2. The first-order valence-electron chi connectivity index (χ1n) is 14.0. The van der Waals surface area contributed by atoms with Gasteiger partial charge in [-0.2, -0.15) is 0 Å². The number of carbonyl (C=O) groups is 1. The summed E-state index contributed by atoms with van der Waals surface area (Å²) in [5, 5.41) is 17.9. The molecular weight excluding hydrogens is 490 g/mol. The van der Waals surface area contributed by atoms with E-state index >= 15 is 0 Å². The molecule has 210 valence electrons. The largest absolute Gasteiger partial charge is 0.471 e. The number of nitrogens with one attached hydrogen (secondary N) is 2. The molecule has 1 amide bonds. The Hall–Kier alpha value is -2.92. The average molecular weight is 534 g/mol. The Balaban J connectivity index is 1.52. The van der Waals surface area contributed by atoms with Crippen LogP contribution in [0.1, 0.15) is 81.7 Å². The fourth-order valence-corrected chi connectivity index (χ4v) is 5.59. The van der Waals surface area contributed by atoms with Gasteiger partial charge >= 0.3 is 0 Å². The molecule has 1 saturated carbocycles. The van der Waals surface area contributed by atoms with Gasteiger partial charge in [0.05, 0.1) is 12.1 Å². The lowest BCUT2D eigenvalue weighted by atomic mass is 9.73. The number of pyridine rings is 1. The lowest BCUT2D eigenvalue weighted by Gasteiger charge is -2.47. The van der Waals surface area contributed by atoms with Crippen LogP contribution in [0, 0.1) is 17.3 Å². The summed E-state index contributed by atoms with van der Waals surface area (Å²) in [6.07, 6.45) is 6.54. The molecule has 0 unspecified atom stereocenters. The molecule has 0 radical (unpaired) electrons. The van der Waals surface area contributed by atoms with Gasteiger partial charge in [-0.05, 0) is 73.8 Å². The first-order valence-corrected chi connectivity index (χ1v) is 14.0. The molecule has 1 fully saturated rings. The molecule has 3 N–H and O–H groups in total. The van der Waals surface area contributed by atoms with E-state index in [2.05, 4.69) is 49.3 Å². The molecule has 2 heterocycles. The molecule has 1 aromatic heterocycles. The highest BCUT2D eigenvalue weighted by atomic mass is 16.5. The summed E-state index contributed by atoms with van der Waals surface area (Å²) in [6, 6.07) is 9.63. The van der Waals surface area contributed by atoms with E-state index in [-0.39, 0.29) is 29.6 Å². The van der Waals surface area contributed by atoms with Gasteiger partial charge in [0.2, 0.25) is 11.8 Å². The van der Waals surface area contributed by atoms with Crippen molar-refractivity contribution < 1.29 is 19.4 Å². The van der Waals surface area contributed by atoms with Crippen LogP contribution in [0.3, 0.4) is 0 Å². The molecule has 2 aliphatic rings. The van der Waals surface area contributed by atoms with Crippen LogP contribution in [-0.4, -0.2) is 54.0 Å². The molecule has 3 atom stereocenters. The predicted octanol–water partition coefficient (Wildman–Crippen LogP) is 4.11. The fraction of sp³-hybridized carbons (Fsp3) is 0.562. The Kier molecular flexibility index (Phi) is 9.32. The highest BCUT2D eigenvalue weighted by Crippen LogP contribution is 2.48. The number of amides is 1. The van der Waals surface area contributed by atoms with Crippen LogP contribution in [0.25, 0.3) is 0 Å². The van der Waals surface area contributed by atoms with Crippen LogP contribution in [0.2, 0.25) is 0 Å². The smallest absolute Gasteiger partial charge is 0.246 e. The number of hydrogen-bond donors (Lipinski definition) is 3. The van der Waals surface area contributed by atoms with Gasteiger partial charge in [-0.3, -0.25) is 4.79 Å². The van der Waals surface area contributed by atoms with Crippen LogP contribution in [0.4, 0.5) is 0 Å². The molecule has 0 bridgehead atoms. The molecule has 1 spiro atoms. The number of hydrogen-bond acceptors (Lipinski definition) is 6. The molecule has 0 saturated heterocycles. The third-order valence-corrected chi connectivity index (χ3v) is 7.51. The molecular formula is C32H43N3O4. The van der Waals surface area contributed by atoms with Crippen molar-refractivity contribution in [3.8, 4) is 17.7 Å². The Labute approximate surface area is 233 Å². The third kappa shape index (κ3) is 7.82. The summed E-state index contributed by atoms with van der Waals surface area (Å²) in [4.78, 5) is 17.2. The molecule has 39 heavy (non-hydrogen) atoms. The fourth-order valence-electron chi connectivity index (χ4n) is 5.59. The van der Waals surface area contributed by atoms with Crippen LogP contribution in [-0.2, 0) is 22.4 Å². The number of aromatic nitrogens is 1. The van der Waals surface area contributed by atoms with Crippen LogP contribution in [0.5, 0.6) is 5.88 Å². The lowest BCUT2D eigenvalue weighted by molar-refractivity contribution is -0.126. The van der Waals surface area contributed by atoms with E-state index in [9.17, 15) is 9.90 Å². The van der Waals surface area contributed by atoms with Gasteiger partial charge < -0.3 is 25.2 Å². The van der Waals surface area contributed by atoms with Crippen molar-refractivity contribution in [2.75, 3.05) is 20.3 Å². The first kappa shape index (κ1) is 29.1. The highest BCUT2D eigenvalue weighted by molar-refractivity contribution is 5.77. The molecule has 1 aliphatic heterocycles. The number of nitrogens with zero attached hydrogens (tertiary/aromatic N) is 1. The predicted molar refractivity (Wildman–Crippen MR) is 152 cm³/mol. The number of rotatable bonds is 10. The van der Waals surface area contributed by atoms with E-state index in [0.29, 0.717) is 18.8 Å². The van der Waals surface area contributed by atoms with Crippen molar-refractivity contribution in [2.45, 2.75) is 90.0 Å². The Morgan fingerprint density at radius 1 is 1.28 bits per heavy atom. The Morgan fingerprint density at radius 3 is 2.74 bits per heavy atom. The second kappa shape index (κ2) is 12.5. The number of methoxy groups -OCH3 is 1. The van der Waals surface area contributed by atoms with E-state index in [4.69, 9.17) is 14.5 Å². The summed E-state index contributed by atoms with van der Waals surface area (Å²) < 4.78 is 11.4. The zero-order chi connectivity index (χ0) is 28.0. The number of carbonyl (C=O) groups excluding carboxylic acids is 1. The van der Waals surface area contributed by atoms with E-state index in [1.165, 1.54) is 12.7 Å². The van der Waals surface area contributed by atoms with Gasteiger partial charge in [0.1, 0.15) is 12.2 Å². The Morgan fingerprint density at radius 2 is 2.08 bits per heavy atom. The maximum Gasteiger partial charge on any atom is 0.246 e. The van der Waals surface area contributed by atoms with Gasteiger partial charge in [-0.1, -0.05) is 38.8 Å². The van der Waals surface area contributed by atoms with E-state index in [0.717, 1.165) is 48.8 Å². The van der Waals surface area contributed by atoms with Crippen LogP contribution < -0.4 is 15.4 Å². The maximum atomic E-state index is 12.5. The minimum absolute atomic E-state index is 0.00889. The summed E-state index contributed by atoms with van der Waals surface area (Å²) in [5.41, 5.74) is 4.11. The maximum absolute atomic E-state index is 12.5. The van der Waals surface area contributed by atoms with Gasteiger partial charge in [0, 0.05) is 43.4 Å². The quantitative estimate of drug-likeness (QED) is 0.398. The average Bonchev–Trinajstić information content (AvgIpc) is 2.85. The molecule has 2 aromatic rings. The molecule has 1 aliphatic carbocycles. The summed E-state index contributed by atoms with van der Waals surface area (Å²) in [5.74, 6) is 6.44. The van der Waals surface area contributed by atoms with Crippen molar-refractivity contribution in [3.05, 3.63) is 58.8 Å². The number of aliphatic hydroxyl groups excluding tert-OH is 1. The van der Waals surface area contributed by atoms with Gasteiger partial charge in [0.25, 0.3) is 0 Å². The van der Waals surface area contributed by atoms with Crippen molar-refractivity contribution in [1.29, 1.82) is 0 Å². The van der Waals surface area contributed by atoms with Crippen molar-refractivity contribution in [1.82, 2.24) is 15.6 Å². The number of fused-ring (bicyclic) bond motifs is 1. The van der Waals surface area contributed by atoms with Gasteiger partial charge in [-0.25, -0.2) is 4.98 Å². The first-order chi connectivity index (χ1) is 18.6. The van der Waals surface area contributed by atoms with Crippen LogP contribution >= 0.6 is 0 Å². The third-order valence-electron chi connectivity index (χ3n) is 7.51. The summed E-state index contributed by atoms with van der Waals surface area (Å²) in [7, 11) is 1.49. The number of aliphatic hydroxyl groups is 1. The zero-order valence-electron chi connectivity index (χ0n) is 24.0. The topological polar surface area (TPSA) is 92.7 Å². The minimum Gasteiger partial charge on any atom is -0.471 e. The van der Waals surface area contributed by atoms with Crippen molar-refractivity contribution >= 4 is 5.91 Å². The zero-order valence-corrected chi connectivity index (χ0v) is 24.0. The summed E-state index contributed by atoms with van der Waals surface area (Å²) in [6.45, 7) is 8.73.